The summed E-state index contributed by atoms with van der Waals surface area (Å²) in [4.78, 5) is 30.2. The molecule has 0 aliphatic carbocycles. The van der Waals surface area contributed by atoms with E-state index in [1.54, 1.807) is 22.8 Å². The molecule has 0 radical (unpaired) electrons. The lowest BCUT2D eigenvalue weighted by molar-refractivity contribution is -0.143. The third-order valence-electron chi connectivity index (χ3n) is 6.35. The summed E-state index contributed by atoms with van der Waals surface area (Å²) in [6.45, 7) is 5.24. The van der Waals surface area contributed by atoms with Gasteiger partial charge in [-0.1, -0.05) is 26.0 Å². The Balaban J connectivity index is 1.56. The van der Waals surface area contributed by atoms with Gasteiger partial charge in [0.1, 0.15) is 5.60 Å². The summed E-state index contributed by atoms with van der Waals surface area (Å²) in [5, 5.41) is 4.16. The van der Waals surface area contributed by atoms with Crippen molar-refractivity contribution in [3.05, 3.63) is 30.1 Å². The van der Waals surface area contributed by atoms with E-state index in [1.165, 1.54) is 0 Å². The number of carbonyl (C=O) groups excluding carboxylic acids is 2. The highest BCUT2D eigenvalue weighted by Gasteiger charge is 2.67. The minimum Gasteiger partial charge on any atom is -0.360 e. The maximum absolute atomic E-state index is 13.3. The van der Waals surface area contributed by atoms with Crippen LogP contribution in [0.1, 0.15) is 32.3 Å². The van der Waals surface area contributed by atoms with Crippen molar-refractivity contribution in [2.75, 3.05) is 13.6 Å². The van der Waals surface area contributed by atoms with E-state index in [0.717, 1.165) is 18.4 Å². The van der Waals surface area contributed by atoms with Gasteiger partial charge >= 0.3 is 0 Å². The zero-order valence-electron chi connectivity index (χ0n) is 16.5. The van der Waals surface area contributed by atoms with Crippen molar-refractivity contribution >= 4 is 11.8 Å². The molecule has 2 amide bonds. The van der Waals surface area contributed by atoms with Crippen LogP contribution in [0, 0.1) is 11.8 Å². The standard InChI is InChI=1S/C20H28N4O3/c1-5-14(6-2)24-12-20-8-7-15(27-20)16(17(20)19(24)26)18(25)22(3)10-13-9-21-23(4)11-13/h7-9,11,14-17H,5-6,10,12H2,1-4H3/t15-,16+,17+,20-/m0/s1. The number of fused-ring (bicyclic) bond motifs is 1. The molecule has 3 aliphatic rings. The lowest BCUT2D eigenvalue weighted by Crippen LogP contribution is -2.45. The summed E-state index contributed by atoms with van der Waals surface area (Å²) in [5.41, 5.74) is 0.346. The molecule has 0 saturated carbocycles. The second kappa shape index (κ2) is 6.48. The lowest BCUT2D eigenvalue weighted by Gasteiger charge is -2.29. The molecule has 1 aromatic heterocycles. The van der Waals surface area contributed by atoms with Crippen LogP contribution in [0.15, 0.2) is 24.5 Å². The number of ether oxygens (including phenoxy) is 1. The number of likely N-dealkylation sites (tertiary alicyclic amines) is 1. The second-order valence-corrected chi connectivity index (χ2v) is 8.05. The topological polar surface area (TPSA) is 67.7 Å². The predicted octanol–water partition coefficient (Wildman–Crippen LogP) is 1.35. The van der Waals surface area contributed by atoms with Crippen LogP contribution in [0.25, 0.3) is 0 Å². The number of aromatic nitrogens is 2. The molecule has 2 saturated heterocycles. The Morgan fingerprint density at radius 1 is 1.44 bits per heavy atom. The first-order valence-corrected chi connectivity index (χ1v) is 9.80. The number of amides is 2. The van der Waals surface area contributed by atoms with Crippen molar-refractivity contribution < 1.29 is 14.3 Å². The molecule has 2 fully saturated rings. The zero-order chi connectivity index (χ0) is 19.3. The number of carbonyl (C=O) groups is 2. The van der Waals surface area contributed by atoms with Gasteiger partial charge in [-0.15, -0.1) is 0 Å². The number of rotatable bonds is 6. The van der Waals surface area contributed by atoms with Gasteiger partial charge in [0.2, 0.25) is 11.8 Å². The zero-order valence-corrected chi connectivity index (χ0v) is 16.5. The first-order chi connectivity index (χ1) is 12.9. The summed E-state index contributed by atoms with van der Waals surface area (Å²) in [6, 6.07) is 0.206. The predicted molar refractivity (Wildman–Crippen MR) is 99.5 cm³/mol. The molecule has 4 heterocycles. The van der Waals surface area contributed by atoms with Gasteiger partial charge in [-0.05, 0) is 12.8 Å². The van der Waals surface area contributed by atoms with Gasteiger partial charge in [-0.3, -0.25) is 14.3 Å². The van der Waals surface area contributed by atoms with E-state index >= 15 is 0 Å². The molecule has 4 rings (SSSR count). The van der Waals surface area contributed by atoms with Crippen LogP contribution in [-0.2, 0) is 27.9 Å². The van der Waals surface area contributed by atoms with Crippen LogP contribution in [0.4, 0.5) is 0 Å². The molecule has 0 unspecified atom stereocenters. The molecular weight excluding hydrogens is 344 g/mol. The Morgan fingerprint density at radius 2 is 2.19 bits per heavy atom. The van der Waals surface area contributed by atoms with Crippen molar-refractivity contribution in [2.24, 2.45) is 18.9 Å². The van der Waals surface area contributed by atoms with Crippen LogP contribution < -0.4 is 0 Å². The number of aryl methyl sites for hydroxylation is 1. The van der Waals surface area contributed by atoms with Crippen molar-refractivity contribution in [1.82, 2.24) is 19.6 Å². The summed E-state index contributed by atoms with van der Waals surface area (Å²) in [5.74, 6) is -0.802. The van der Waals surface area contributed by atoms with E-state index in [2.05, 4.69) is 18.9 Å². The van der Waals surface area contributed by atoms with Crippen molar-refractivity contribution in [3.8, 4) is 0 Å². The summed E-state index contributed by atoms with van der Waals surface area (Å²) in [7, 11) is 3.64. The Kier molecular flexibility index (Phi) is 4.37. The van der Waals surface area contributed by atoms with Crippen LogP contribution >= 0.6 is 0 Å². The molecule has 1 spiro atoms. The van der Waals surface area contributed by atoms with Crippen LogP contribution in [-0.4, -0.2) is 62.7 Å². The Hall–Kier alpha value is -2.15. The molecule has 27 heavy (non-hydrogen) atoms. The minimum absolute atomic E-state index is 0.0279. The third kappa shape index (κ3) is 2.71. The largest absolute Gasteiger partial charge is 0.360 e. The molecule has 3 aliphatic heterocycles. The quantitative estimate of drug-likeness (QED) is 0.707. The summed E-state index contributed by atoms with van der Waals surface area (Å²) in [6.07, 6.45) is 9.19. The molecule has 7 nitrogen and oxygen atoms in total. The molecule has 0 N–H and O–H groups in total. The van der Waals surface area contributed by atoms with Gasteiger partial charge in [-0.2, -0.15) is 5.10 Å². The molecule has 1 aromatic rings. The lowest BCUT2D eigenvalue weighted by atomic mass is 9.76. The second-order valence-electron chi connectivity index (χ2n) is 8.05. The van der Waals surface area contributed by atoms with E-state index in [-0.39, 0.29) is 24.0 Å². The van der Waals surface area contributed by atoms with Gasteiger partial charge in [0.05, 0.1) is 30.7 Å². The molecular formula is C20H28N4O3. The van der Waals surface area contributed by atoms with Crippen LogP contribution in [0.2, 0.25) is 0 Å². The molecule has 4 atom stereocenters. The first kappa shape index (κ1) is 18.2. The maximum Gasteiger partial charge on any atom is 0.230 e. The average molecular weight is 372 g/mol. The third-order valence-corrected chi connectivity index (χ3v) is 6.35. The monoisotopic (exact) mass is 372 g/mol. The van der Waals surface area contributed by atoms with E-state index < -0.39 is 17.4 Å². The highest BCUT2D eigenvalue weighted by Crippen LogP contribution is 2.52. The highest BCUT2D eigenvalue weighted by atomic mass is 16.5. The normalized spacial score (nSPS) is 31.2. The molecule has 0 aromatic carbocycles. The fourth-order valence-corrected chi connectivity index (χ4v) is 5.01. The Morgan fingerprint density at radius 3 is 2.81 bits per heavy atom. The minimum atomic E-state index is -0.625. The summed E-state index contributed by atoms with van der Waals surface area (Å²) < 4.78 is 7.95. The number of hydrogen-bond acceptors (Lipinski definition) is 4. The smallest absolute Gasteiger partial charge is 0.230 e. The molecule has 7 heteroatoms. The molecule has 146 valence electrons. The first-order valence-electron chi connectivity index (χ1n) is 9.80. The van der Waals surface area contributed by atoms with Crippen LogP contribution in [0.5, 0.6) is 0 Å². The fraction of sp³-hybridized carbons (Fsp3) is 0.650. The van der Waals surface area contributed by atoms with E-state index in [9.17, 15) is 9.59 Å². The van der Waals surface area contributed by atoms with Crippen molar-refractivity contribution in [2.45, 2.75) is 51.0 Å². The van der Waals surface area contributed by atoms with Crippen molar-refractivity contribution in [1.29, 1.82) is 0 Å². The highest BCUT2D eigenvalue weighted by molar-refractivity contribution is 5.93. The number of hydrogen-bond donors (Lipinski definition) is 0. The van der Waals surface area contributed by atoms with Gasteiger partial charge < -0.3 is 14.5 Å². The van der Waals surface area contributed by atoms with Crippen molar-refractivity contribution in [3.63, 3.8) is 0 Å². The SMILES string of the molecule is CCC(CC)N1C[C@]23C=C[C@H](O2)[C@@H](C(=O)N(C)Cc2cnn(C)c2)[C@@H]3C1=O. The van der Waals surface area contributed by atoms with Gasteiger partial charge in [0.15, 0.2) is 0 Å². The average Bonchev–Trinajstić information content (AvgIpc) is 3.38. The van der Waals surface area contributed by atoms with Gasteiger partial charge in [-0.25, -0.2) is 0 Å². The summed E-state index contributed by atoms with van der Waals surface area (Å²) >= 11 is 0. The van der Waals surface area contributed by atoms with E-state index in [0.29, 0.717) is 13.1 Å². The Bertz CT molecular complexity index is 784. The fourth-order valence-electron chi connectivity index (χ4n) is 5.01. The van der Waals surface area contributed by atoms with Crippen LogP contribution in [0.3, 0.4) is 0 Å². The van der Waals surface area contributed by atoms with E-state index in [4.69, 9.17) is 4.74 Å². The van der Waals surface area contributed by atoms with Gasteiger partial charge in [0.25, 0.3) is 0 Å². The van der Waals surface area contributed by atoms with E-state index in [1.807, 2.05) is 30.3 Å². The maximum atomic E-state index is 13.3. The number of nitrogens with zero attached hydrogens (tertiary/aromatic N) is 4. The Labute approximate surface area is 159 Å². The van der Waals surface area contributed by atoms with Gasteiger partial charge in [0, 0.05) is 38.4 Å². The molecule has 2 bridgehead atoms.